The maximum atomic E-state index is 9.97. The van der Waals surface area contributed by atoms with Gasteiger partial charge in [0.15, 0.2) is 0 Å². The van der Waals surface area contributed by atoms with Crippen molar-refractivity contribution in [2.24, 2.45) is 0 Å². The molecule has 0 bridgehead atoms. The minimum Gasteiger partial charge on any atom is -0.388 e. The van der Waals surface area contributed by atoms with Gasteiger partial charge in [0, 0.05) is 23.0 Å². The van der Waals surface area contributed by atoms with Gasteiger partial charge in [0.25, 0.3) is 0 Å². The molecule has 96 valence electrons. The van der Waals surface area contributed by atoms with E-state index in [0.29, 0.717) is 0 Å². The average Bonchev–Trinajstić information content (AvgIpc) is 2.89. The summed E-state index contributed by atoms with van der Waals surface area (Å²) in [5, 5.41) is 14.0. The van der Waals surface area contributed by atoms with E-state index in [1.165, 1.54) is 5.69 Å². The van der Waals surface area contributed by atoms with Gasteiger partial charge < -0.3 is 14.2 Å². The van der Waals surface area contributed by atoms with Gasteiger partial charge in [-0.1, -0.05) is 5.16 Å². The molecule has 0 spiro atoms. The van der Waals surface area contributed by atoms with Crippen molar-refractivity contribution in [2.75, 3.05) is 0 Å². The summed E-state index contributed by atoms with van der Waals surface area (Å²) in [6.45, 7) is 4.69. The maximum absolute atomic E-state index is 9.97. The van der Waals surface area contributed by atoms with Crippen LogP contribution in [0.25, 0.3) is 0 Å². The third kappa shape index (κ3) is 1.77. The molecule has 2 aromatic heterocycles. The lowest BCUT2D eigenvalue weighted by Crippen LogP contribution is -2.12. The monoisotopic (exact) mass is 246 g/mol. The first-order valence-electron chi connectivity index (χ1n) is 6.44. The molecule has 0 aromatic carbocycles. The molecule has 1 atom stereocenters. The molecule has 3 rings (SSSR count). The Labute approximate surface area is 106 Å². The predicted octanol–water partition coefficient (Wildman–Crippen LogP) is 2.51. The van der Waals surface area contributed by atoms with Crippen LogP contribution in [0.4, 0.5) is 0 Å². The molecule has 0 saturated carbocycles. The van der Waals surface area contributed by atoms with Crippen LogP contribution in [-0.4, -0.2) is 14.8 Å². The molecule has 1 aliphatic carbocycles. The first kappa shape index (κ1) is 11.5. The highest BCUT2D eigenvalue weighted by molar-refractivity contribution is 5.30. The summed E-state index contributed by atoms with van der Waals surface area (Å²) in [7, 11) is 0. The molecule has 1 aliphatic rings. The number of aliphatic hydroxyl groups is 1. The molecule has 2 aromatic rings. The van der Waals surface area contributed by atoms with E-state index >= 15 is 0 Å². The number of hydrogen-bond acceptors (Lipinski definition) is 3. The number of aryl methyl sites for hydroxylation is 2. The van der Waals surface area contributed by atoms with Gasteiger partial charge in [-0.3, -0.25) is 0 Å². The Morgan fingerprint density at radius 2 is 2.33 bits per heavy atom. The minimum atomic E-state index is -0.292. The van der Waals surface area contributed by atoms with E-state index in [2.05, 4.69) is 15.9 Å². The molecule has 4 nitrogen and oxygen atoms in total. The summed E-state index contributed by atoms with van der Waals surface area (Å²) < 4.78 is 7.41. The highest BCUT2D eigenvalue weighted by Crippen LogP contribution is 2.31. The lowest BCUT2D eigenvalue weighted by atomic mass is 9.95. The number of aliphatic hydroxyl groups excluding tert-OH is 1. The molecular formula is C14H18N2O2. The van der Waals surface area contributed by atoms with E-state index in [1.54, 1.807) is 0 Å². The van der Waals surface area contributed by atoms with Gasteiger partial charge in [0.2, 0.25) is 0 Å². The van der Waals surface area contributed by atoms with Crippen molar-refractivity contribution in [3.05, 3.63) is 40.5 Å². The Bertz CT molecular complexity index is 549. The van der Waals surface area contributed by atoms with Crippen LogP contribution in [0.3, 0.4) is 0 Å². The number of aromatic nitrogens is 2. The normalized spacial score (nSPS) is 18.9. The fourth-order valence-electron chi connectivity index (χ4n) is 2.78. The van der Waals surface area contributed by atoms with Crippen LogP contribution in [0.15, 0.2) is 16.8 Å². The van der Waals surface area contributed by atoms with Gasteiger partial charge in [0.05, 0.1) is 18.3 Å². The smallest absolute Gasteiger partial charge is 0.138 e. The fraction of sp³-hybridized carbons (Fsp3) is 0.500. The van der Waals surface area contributed by atoms with E-state index in [0.717, 1.165) is 48.4 Å². The van der Waals surface area contributed by atoms with E-state index in [-0.39, 0.29) is 6.10 Å². The van der Waals surface area contributed by atoms with Crippen molar-refractivity contribution in [3.8, 4) is 0 Å². The number of fused-ring (bicyclic) bond motifs is 1. The van der Waals surface area contributed by atoms with Crippen molar-refractivity contribution < 1.29 is 9.63 Å². The van der Waals surface area contributed by atoms with E-state index in [4.69, 9.17) is 4.52 Å². The van der Waals surface area contributed by atoms with Crippen LogP contribution in [0.1, 0.15) is 47.2 Å². The number of hydrogen-bond donors (Lipinski definition) is 1. The number of rotatable bonds is 2. The minimum absolute atomic E-state index is 0.292. The summed E-state index contributed by atoms with van der Waals surface area (Å²) >= 11 is 0. The SMILES string of the molecule is Cc1noc(C)c1Cn1ccc2c1CCCC2O. The standard InChI is InChI=1S/C14H18N2O2/c1-9-12(10(2)18-15-9)8-16-7-6-11-13(16)4-3-5-14(11)17/h6-7,14,17H,3-5,8H2,1-2H3. The van der Waals surface area contributed by atoms with Crippen molar-refractivity contribution in [1.29, 1.82) is 0 Å². The molecule has 18 heavy (non-hydrogen) atoms. The first-order valence-corrected chi connectivity index (χ1v) is 6.44. The zero-order valence-corrected chi connectivity index (χ0v) is 10.8. The molecule has 0 amide bonds. The Balaban J connectivity index is 1.95. The van der Waals surface area contributed by atoms with Crippen LogP contribution < -0.4 is 0 Å². The van der Waals surface area contributed by atoms with Crippen LogP contribution in [-0.2, 0) is 13.0 Å². The highest BCUT2D eigenvalue weighted by Gasteiger charge is 2.22. The Hall–Kier alpha value is -1.55. The van der Waals surface area contributed by atoms with Crippen LogP contribution in [0, 0.1) is 13.8 Å². The second-order valence-corrected chi connectivity index (χ2v) is 5.06. The van der Waals surface area contributed by atoms with Gasteiger partial charge in [-0.05, 0) is 39.2 Å². The average molecular weight is 246 g/mol. The topological polar surface area (TPSA) is 51.2 Å². The molecule has 1 N–H and O–H groups in total. The molecule has 0 fully saturated rings. The largest absolute Gasteiger partial charge is 0.388 e. The Kier molecular flexibility index (Phi) is 2.74. The van der Waals surface area contributed by atoms with Crippen LogP contribution in [0.5, 0.6) is 0 Å². The van der Waals surface area contributed by atoms with Crippen molar-refractivity contribution >= 4 is 0 Å². The first-order chi connectivity index (χ1) is 8.66. The third-order valence-corrected chi connectivity index (χ3v) is 3.87. The summed E-state index contributed by atoms with van der Waals surface area (Å²) in [4.78, 5) is 0. The van der Waals surface area contributed by atoms with Crippen LogP contribution >= 0.6 is 0 Å². The summed E-state index contributed by atoms with van der Waals surface area (Å²) in [5.41, 5.74) is 4.45. The van der Waals surface area contributed by atoms with Crippen molar-refractivity contribution in [3.63, 3.8) is 0 Å². The zero-order valence-electron chi connectivity index (χ0n) is 10.8. The Morgan fingerprint density at radius 1 is 1.50 bits per heavy atom. The van der Waals surface area contributed by atoms with Crippen molar-refractivity contribution in [1.82, 2.24) is 9.72 Å². The fourth-order valence-corrected chi connectivity index (χ4v) is 2.78. The van der Waals surface area contributed by atoms with Gasteiger partial charge in [0.1, 0.15) is 5.76 Å². The summed E-state index contributed by atoms with van der Waals surface area (Å²) in [6, 6.07) is 2.04. The second kappa shape index (κ2) is 4.28. The second-order valence-electron chi connectivity index (χ2n) is 5.06. The van der Waals surface area contributed by atoms with Gasteiger partial charge in [-0.2, -0.15) is 0 Å². The summed E-state index contributed by atoms with van der Waals surface area (Å²) in [6.07, 6.45) is 4.75. The van der Waals surface area contributed by atoms with E-state index in [9.17, 15) is 5.11 Å². The number of nitrogens with zero attached hydrogens (tertiary/aromatic N) is 2. The van der Waals surface area contributed by atoms with Gasteiger partial charge in [-0.25, -0.2) is 0 Å². The van der Waals surface area contributed by atoms with Crippen molar-refractivity contribution in [2.45, 2.75) is 45.8 Å². The molecule has 4 heteroatoms. The van der Waals surface area contributed by atoms with Gasteiger partial charge >= 0.3 is 0 Å². The molecule has 0 saturated heterocycles. The summed E-state index contributed by atoms with van der Waals surface area (Å²) in [5.74, 6) is 0.881. The molecule has 0 radical (unpaired) electrons. The maximum Gasteiger partial charge on any atom is 0.138 e. The molecule has 2 heterocycles. The van der Waals surface area contributed by atoms with E-state index in [1.807, 2.05) is 19.9 Å². The Morgan fingerprint density at radius 3 is 3.06 bits per heavy atom. The van der Waals surface area contributed by atoms with Gasteiger partial charge in [-0.15, -0.1) is 0 Å². The van der Waals surface area contributed by atoms with Crippen LogP contribution in [0.2, 0.25) is 0 Å². The highest BCUT2D eigenvalue weighted by atomic mass is 16.5. The lowest BCUT2D eigenvalue weighted by molar-refractivity contribution is 0.156. The molecule has 1 unspecified atom stereocenters. The quantitative estimate of drug-likeness (QED) is 0.885. The lowest BCUT2D eigenvalue weighted by Gasteiger charge is -2.20. The van der Waals surface area contributed by atoms with E-state index < -0.39 is 0 Å². The third-order valence-electron chi connectivity index (χ3n) is 3.87. The molecular weight excluding hydrogens is 228 g/mol. The zero-order chi connectivity index (χ0) is 12.7. The predicted molar refractivity (Wildman–Crippen MR) is 67.4 cm³/mol. The molecule has 0 aliphatic heterocycles.